The van der Waals surface area contributed by atoms with Crippen LogP contribution in [0.1, 0.15) is 18.1 Å². The van der Waals surface area contributed by atoms with Crippen molar-refractivity contribution in [3.63, 3.8) is 0 Å². The number of phenols is 4. The second-order valence-corrected chi connectivity index (χ2v) is 12.8. The fraction of sp³-hybridized carbons (Fsp3) is 0.559. The number of carbonyl (C=O) groups is 1. The molecule has 19 nitrogen and oxygen atoms in total. The van der Waals surface area contributed by atoms with Crippen molar-refractivity contribution in [2.75, 3.05) is 19.8 Å². The van der Waals surface area contributed by atoms with Crippen LogP contribution in [-0.2, 0) is 44.4 Å². The standard InChI is InChI=1S/C34H44O19/c1-14-24(41)26(43)28(45)34(50-14)53-31-29(46)33(47-9-8-16-3-6-18(36)20(38)11-16)51-22(13-49-32-27(44)25(42)21(39)12-48-32)30(31)52-23(40)7-4-15-2-5-17(35)19(37)10-15/h2-7,10-11,14,21-22,24-39,41-46H,8-9,12-13H2,1H3/b7-4+/t14-,21+,22+,24-,25+,26+,27+,28-,29-,30+,31+,32-,33-,34-/m1/s1. The summed E-state index contributed by atoms with van der Waals surface area (Å²) in [5.74, 6) is -2.62. The Bertz CT molecular complexity index is 1560. The van der Waals surface area contributed by atoms with Crippen LogP contribution in [0.25, 0.3) is 6.08 Å². The van der Waals surface area contributed by atoms with E-state index in [2.05, 4.69) is 0 Å². The molecule has 11 N–H and O–H groups in total. The lowest BCUT2D eigenvalue weighted by atomic mass is 9.96. The maximum Gasteiger partial charge on any atom is 0.331 e. The van der Waals surface area contributed by atoms with Crippen LogP contribution in [0.15, 0.2) is 42.5 Å². The summed E-state index contributed by atoms with van der Waals surface area (Å²) < 4.78 is 40.1. The summed E-state index contributed by atoms with van der Waals surface area (Å²) in [4.78, 5) is 13.2. The Labute approximate surface area is 302 Å². The molecule has 2 aromatic rings. The number of rotatable bonds is 12. The average molecular weight is 757 g/mol. The Hall–Kier alpha value is -3.67. The summed E-state index contributed by atoms with van der Waals surface area (Å²) in [6, 6.07) is 7.83. The maximum atomic E-state index is 13.2. The summed E-state index contributed by atoms with van der Waals surface area (Å²) >= 11 is 0. The first kappa shape index (κ1) is 40.5. The van der Waals surface area contributed by atoms with Crippen LogP contribution < -0.4 is 0 Å². The van der Waals surface area contributed by atoms with Crippen LogP contribution >= 0.6 is 0 Å². The van der Waals surface area contributed by atoms with E-state index >= 15 is 0 Å². The summed E-state index contributed by atoms with van der Waals surface area (Å²) in [7, 11) is 0. The molecule has 3 fully saturated rings. The minimum Gasteiger partial charge on any atom is -0.504 e. The van der Waals surface area contributed by atoms with E-state index in [-0.39, 0.29) is 30.1 Å². The normalized spacial score (nSPS) is 36.4. The van der Waals surface area contributed by atoms with Crippen LogP contribution in [0, 0.1) is 0 Å². The second-order valence-electron chi connectivity index (χ2n) is 12.8. The van der Waals surface area contributed by atoms with Gasteiger partial charge in [0.15, 0.2) is 48.0 Å². The first-order chi connectivity index (χ1) is 25.1. The maximum absolute atomic E-state index is 13.2. The molecule has 53 heavy (non-hydrogen) atoms. The van der Waals surface area contributed by atoms with Crippen molar-refractivity contribution in [3.05, 3.63) is 53.6 Å². The Kier molecular flexibility index (Phi) is 13.5. The van der Waals surface area contributed by atoms with Crippen LogP contribution in [0.4, 0.5) is 0 Å². The third-order valence-electron chi connectivity index (χ3n) is 8.97. The summed E-state index contributed by atoms with van der Waals surface area (Å²) in [6.45, 7) is 0.237. The van der Waals surface area contributed by atoms with Gasteiger partial charge in [0.25, 0.3) is 0 Å². The van der Waals surface area contributed by atoms with Gasteiger partial charge in [0.1, 0.15) is 54.9 Å². The van der Waals surface area contributed by atoms with Gasteiger partial charge in [-0.2, -0.15) is 0 Å². The smallest absolute Gasteiger partial charge is 0.331 e. The molecule has 19 heteroatoms. The highest BCUT2D eigenvalue weighted by Gasteiger charge is 2.53. The Morgan fingerprint density at radius 1 is 0.736 bits per heavy atom. The Morgan fingerprint density at radius 3 is 2.11 bits per heavy atom. The van der Waals surface area contributed by atoms with Gasteiger partial charge in [-0.3, -0.25) is 0 Å². The van der Waals surface area contributed by atoms with E-state index in [0.717, 1.165) is 6.08 Å². The number of hydrogen-bond acceptors (Lipinski definition) is 19. The number of hydrogen-bond donors (Lipinski definition) is 11. The number of aliphatic hydroxyl groups is 7. The monoisotopic (exact) mass is 756 g/mol. The molecule has 294 valence electrons. The van der Waals surface area contributed by atoms with E-state index in [1.807, 2.05) is 0 Å². The van der Waals surface area contributed by atoms with E-state index in [9.17, 15) is 61.0 Å². The molecule has 3 aliphatic rings. The number of esters is 1. The molecule has 3 aliphatic heterocycles. The predicted octanol–water partition coefficient (Wildman–Crippen LogP) is -2.55. The average Bonchev–Trinajstić information content (AvgIpc) is 3.13. The first-order valence-electron chi connectivity index (χ1n) is 16.6. The third kappa shape index (κ3) is 9.72. The molecule has 14 atom stereocenters. The lowest BCUT2D eigenvalue weighted by molar-refractivity contribution is -0.362. The molecule has 0 spiro atoms. The predicted molar refractivity (Wildman–Crippen MR) is 174 cm³/mol. The van der Waals surface area contributed by atoms with Gasteiger partial charge >= 0.3 is 5.97 Å². The fourth-order valence-corrected chi connectivity index (χ4v) is 5.86. The molecule has 0 aromatic heterocycles. The van der Waals surface area contributed by atoms with E-state index in [0.29, 0.717) is 5.56 Å². The Balaban J connectivity index is 1.42. The molecular weight excluding hydrogens is 712 g/mol. The lowest BCUT2D eigenvalue weighted by Gasteiger charge is -2.47. The van der Waals surface area contributed by atoms with Crippen molar-refractivity contribution in [3.8, 4) is 23.0 Å². The van der Waals surface area contributed by atoms with E-state index in [1.54, 1.807) is 0 Å². The molecular formula is C34H44O19. The van der Waals surface area contributed by atoms with E-state index < -0.39 is 117 Å². The van der Waals surface area contributed by atoms with Crippen molar-refractivity contribution in [1.82, 2.24) is 0 Å². The summed E-state index contributed by atoms with van der Waals surface area (Å²) in [6.07, 6.45) is -20.0. The van der Waals surface area contributed by atoms with E-state index in [1.165, 1.54) is 49.4 Å². The van der Waals surface area contributed by atoms with Crippen LogP contribution in [0.2, 0.25) is 0 Å². The van der Waals surface area contributed by atoms with Crippen LogP contribution in [0.5, 0.6) is 23.0 Å². The van der Waals surface area contributed by atoms with Crippen molar-refractivity contribution in [2.24, 2.45) is 0 Å². The number of phenolic OH excluding ortho intramolecular Hbond substituents is 4. The zero-order valence-electron chi connectivity index (χ0n) is 28.2. The molecule has 3 heterocycles. The SMILES string of the molecule is C[C@H]1O[C@H](O[C@H]2[C@@H](O)[C@H](OCCc3ccc(O)c(O)c3)O[C@@H](CO[C@H]3OC[C@H](O)[C@H](O)[C@@H]3O)[C@@H]2OC(=O)/C=C/c2ccc(O)c(O)c2)[C@H](O)[C@@H](O)[C@@H]1O. The minimum atomic E-state index is -1.86. The molecule has 3 saturated heterocycles. The highest BCUT2D eigenvalue weighted by Crippen LogP contribution is 2.33. The molecule has 0 bridgehead atoms. The molecule has 0 radical (unpaired) electrons. The van der Waals surface area contributed by atoms with Crippen molar-refractivity contribution < 1.29 is 94.1 Å². The van der Waals surface area contributed by atoms with Crippen LogP contribution in [0.3, 0.4) is 0 Å². The van der Waals surface area contributed by atoms with Gasteiger partial charge in [0.05, 0.1) is 25.9 Å². The lowest BCUT2D eigenvalue weighted by Crippen LogP contribution is -2.65. The molecule has 0 amide bonds. The fourth-order valence-electron chi connectivity index (χ4n) is 5.86. The number of aromatic hydroxyl groups is 4. The largest absolute Gasteiger partial charge is 0.504 e. The van der Waals surface area contributed by atoms with Gasteiger partial charge in [0.2, 0.25) is 0 Å². The minimum absolute atomic E-state index is 0.136. The van der Waals surface area contributed by atoms with Crippen molar-refractivity contribution >= 4 is 12.0 Å². The number of ether oxygens (including phenoxy) is 7. The highest BCUT2D eigenvalue weighted by molar-refractivity contribution is 5.87. The zero-order valence-corrected chi connectivity index (χ0v) is 28.2. The van der Waals surface area contributed by atoms with Crippen molar-refractivity contribution in [2.45, 2.75) is 99.4 Å². The zero-order chi connectivity index (χ0) is 38.6. The second kappa shape index (κ2) is 17.6. The summed E-state index contributed by atoms with van der Waals surface area (Å²) in [5.41, 5.74) is 0.813. The molecule has 0 aliphatic carbocycles. The topological polar surface area (TPSA) is 304 Å². The first-order valence-corrected chi connectivity index (χ1v) is 16.6. The van der Waals surface area contributed by atoms with E-state index in [4.69, 9.17) is 33.2 Å². The number of aliphatic hydroxyl groups excluding tert-OH is 7. The molecule has 5 rings (SSSR count). The quantitative estimate of drug-likeness (QED) is 0.0603. The highest BCUT2D eigenvalue weighted by atomic mass is 16.8. The number of benzene rings is 2. The molecule has 2 aromatic carbocycles. The molecule has 0 unspecified atom stereocenters. The third-order valence-corrected chi connectivity index (χ3v) is 8.97. The molecule has 0 saturated carbocycles. The van der Waals surface area contributed by atoms with Gasteiger partial charge in [-0.05, 0) is 54.8 Å². The number of carbonyl (C=O) groups excluding carboxylic acids is 1. The van der Waals surface area contributed by atoms with Gasteiger partial charge in [-0.25, -0.2) is 4.79 Å². The van der Waals surface area contributed by atoms with Gasteiger partial charge < -0.3 is 89.3 Å². The van der Waals surface area contributed by atoms with Gasteiger partial charge in [-0.1, -0.05) is 12.1 Å². The van der Waals surface area contributed by atoms with Crippen LogP contribution in [-0.4, -0.2) is 168 Å². The van der Waals surface area contributed by atoms with Gasteiger partial charge in [-0.15, -0.1) is 0 Å². The summed E-state index contributed by atoms with van der Waals surface area (Å²) in [5, 5.41) is 112. The van der Waals surface area contributed by atoms with Gasteiger partial charge in [0, 0.05) is 6.08 Å². The van der Waals surface area contributed by atoms with Crippen molar-refractivity contribution in [1.29, 1.82) is 0 Å². The Morgan fingerprint density at radius 2 is 1.42 bits per heavy atom.